The number of carbonyl (C=O) groups excluding carboxylic acids is 1. The number of hydrogen-bond acceptors (Lipinski definition) is 6. The van der Waals surface area contributed by atoms with E-state index in [1.54, 1.807) is 48.5 Å². The molecule has 7 nitrogen and oxygen atoms in total. The van der Waals surface area contributed by atoms with E-state index < -0.39 is 5.91 Å². The van der Waals surface area contributed by atoms with Gasteiger partial charge in [-0.25, -0.2) is 9.82 Å². The first-order valence-electron chi connectivity index (χ1n) is 9.64. The Labute approximate surface area is 185 Å². The third-order valence-electron chi connectivity index (χ3n) is 4.52. The molecule has 0 saturated carbocycles. The van der Waals surface area contributed by atoms with E-state index in [0.29, 0.717) is 34.1 Å². The lowest BCUT2D eigenvalue weighted by atomic mass is 10.2. The molecule has 3 aromatic rings. The number of halogens is 1. The quantitative estimate of drug-likeness (QED) is 0.400. The molecule has 3 rings (SSSR count). The van der Waals surface area contributed by atoms with Gasteiger partial charge in [-0.3, -0.25) is 4.79 Å². The van der Waals surface area contributed by atoms with Crippen molar-refractivity contribution in [3.8, 4) is 23.0 Å². The van der Waals surface area contributed by atoms with Crippen molar-refractivity contribution in [3.63, 3.8) is 0 Å². The normalized spacial score (nSPS) is 10.6. The lowest BCUT2D eigenvalue weighted by Gasteiger charge is -2.11. The largest absolute Gasteiger partial charge is 0.493 e. The summed E-state index contributed by atoms with van der Waals surface area (Å²) >= 11 is 0. The number of benzene rings is 3. The molecule has 0 bridgehead atoms. The molecule has 0 aliphatic carbocycles. The number of hydrazone groups is 1. The van der Waals surface area contributed by atoms with E-state index in [1.165, 1.54) is 39.7 Å². The molecule has 0 spiro atoms. The molecule has 0 saturated heterocycles. The number of methoxy groups -OCH3 is 3. The minimum absolute atomic E-state index is 0.269. The predicted octanol–water partition coefficient (Wildman–Crippen LogP) is 4.19. The molecule has 1 amide bonds. The van der Waals surface area contributed by atoms with Crippen LogP contribution < -0.4 is 24.4 Å². The molecule has 8 heteroatoms. The maximum absolute atomic E-state index is 13.0. The van der Waals surface area contributed by atoms with Gasteiger partial charge in [0.1, 0.15) is 12.4 Å². The highest BCUT2D eigenvalue weighted by atomic mass is 19.1. The van der Waals surface area contributed by atoms with Crippen LogP contribution in [-0.4, -0.2) is 33.5 Å². The Bertz CT molecular complexity index is 1100. The van der Waals surface area contributed by atoms with Crippen molar-refractivity contribution in [2.45, 2.75) is 6.61 Å². The molecule has 3 aromatic carbocycles. The highest BCUT2D eigenvalue weighted by Gasteiger charge is 2.10. The van der Waals surface area contributed by atoms with E-state index in [4.69, 9.17) is 18.9 Å². The van der Waals surface area contributed by atoms with E-state index in [1.807, 2.05) is 0 Å². The van der Waals surface area contributed by atoms with Crippen molar-refractivity contribution in [1.82, 2.24) is 5.43 Å². The highest BCUT2D eigenvalue weighted by molar-refractivity contribution is 5.95. The van der Waals surface area contributed by atoms with E-state index in [-0.39, 0.29) is 12.4 Å². The maximum atomic E-state index is 13.0. The Morgan fingerprint density at radius 1 is 0.875 bits per heavy atom. The number of carbonyl (C=O) groups is 1. The zero-order valence-corrected chi connectivity index (χ0v) is 17.9. The maximum Gasteiger partial charge on any atom is 0.271 e. The molecule has 0 unspecified atom stereocenters. The van der Waals surface area contributed by atoms with Crippen LogP contribution in [-0.2, 0) is 6.61 Å². The fourth-order valence-corrected chi connectivity index (χ4v) is 2.83. The lowest BCUT2D eigenvalue weighted by Crippen LogP contribution is -2.17. The van der Waals surface area contributed by atoms with Gasteiger partial charge in [-0.15, -0.1) is 0 Å². The van der Waals surface area contributed by atoms with Crippen LogP contribution >= 0.6 is 0 Å². The first kappa shape index (κ1) is 22.6. The summed E-state index contributed by atoms with van der Waals surface area (Å²) in [5.41, 5.74) is 4.38. The average Bonchev–Trinajstić information content (AvgIpc) is 2.83. The molecular formula is C24H23FN2O5. The highest BCUT2D eigenvalue weighted by Crippen LogP contribution is 2.29. The second kappa shape index (κ2) is 10.8. The van der Waals surface area contributed by atoms with Crippen molar-refractivity contribution in [3.05, 3.63) is 83.2 Å². The van der Waals surface area contributed by atoms with Gasteiger partial charge in [0, 0.05) is 5.56 Å². The van der Waals surface area contributed by atoms with Gasteiger partial charge in [-0.2, -0.15) is 5.10 Å². The number of nitrogens with one attached hydrogen (secondary N) is 1. The van der Waals surface area contributed by atoms with Crippen molar-refractivity contribution >= 4 is 12.1 Å². The molecule has 0 atom stereocenters. The Morgan fingerprint density at radius 2 is 1.53 bits per heavy atom. The molecule has 0 aliphatic heterocycles. The van der Waals surface area contributed by atoms with Crippen LogP contribution in [0.2, 0.25) is 0 Å². The van der Waals surface area contributed by atoms with Gasteiger partial charge in [0.2, 0.25) is 0 Å². The number of rotatable bonds is 9. The van der Waals surface area contributed by atoms with Gasteiger partial charge in [-0.1, -0.05) is 12.1 Å². The summed E-state index contributed by atoms with van der Waals surface area (Å²) in [5, 5.41) is 3.99. The van der Waals surface area contributed by atoms with Gasteiger partial charge >= 0.3 is 0 Å². The second-order valence-corrected chi connectivity index (χ2v) is 6.59. The van der Waals surface area contributed by atoms with Crippen molar-refractivity contribution < 1.29 is 28.1 Å². The smallest absolute Gasteiger partial charge is 0.271 e. The van der Waals surface area contributed by atoms with Gasteiger partial charge < -0.3 is 18.9 Å². The Hall–Kier alpha value is -4.07. The topological polar surface area (TPSA) is 78.4 Å². The molecule has 0 heterocycles. The minimum Gasteiger partial charge on any atom is -0.493 e. The molecule has 0 aromatic heterocycles. The molecule has 166 valence electrons. The van der Waals surface area contributed by atoms with Crippen LogP contribution in [0, 0.1) is 5.82 Å². The second-order valence-electron chi connectivity index (χ2n) is 6.59. The predicted molar refractivity (Wildman–Crippen MR) is 118 cm³/mol. The van der Waals surface area contributed by atoms with E-state index >= 15 is 0 Å². The van der Waals surface area contributed by atoms with E-state index in [9.17, 15) is 9.18 Å². The molecule has 0 radical (unpaired) electrons. The number of nitrogens with zero attached hydrogens (tertiary/aromatic N) is 1. The zero-order valence-electron chi connectivity index (χ0n) is 17.9. The van der Waals surface area contributed by atoms with Crippen molar-refractivity contribution in [2.24, 2.45) is 5.10 Å². The van der Waals surface area contributed by atoms with Gasteiger partial charge in [0.25, 0.3) is 5.91 Å². The summed E-state index contributed by atoms with van der Waals surface area (Å²) in [6, 6.07) is 16.1. The van der Waals surface area contributed by atoms with E-state index in [0.717, 1.165) is 5.56 Å². The van der Waals surface area contributed by atoms with Crippen LogP contribution in [0.25, 0.3) is 0 Å². The van der Waals surface area contributed by atoms with Crippen LogP contribution in [0.1, 0.15) is 21.5 Å². The summed E-state index contributed by atoms with van der Waals surface area (Å²) in [7, 11) is 4.55. The number of amides is 1. The molecule has 0 aliphatic rings. The molecule has 1 N–H and O–H groups in total. The van der Waals surface area contributed by atoms with Crippen LogP contribution in [0.5, 0.6) is 23.0 Å². The van der Waals surface area contributed by atoms with E-state index in [2.05, 4.69) is 10.5 Å². The zero-order chi connectivity index (χ0) is 22.9. The fraction of sp³-hybridized carbons (Fsp3) is 0.167. The third kappa shape index (κ3) is 5.75. The molecular weight excluding hydrogens is 415 g/mol. The summed E-state index contributed by atoms with van der Waals surface area (Å²) < 4.78 is 34.5. The van der Waals surface area contributed by atoms with Crippen LogP contribution in [0.15, 0.2) is 65.8 Å². The molecule has 32 heavy (non-hydrogen) atoms. The standard InChI is InChI=1S/C24H23FN2O5/c1-29-20-11-7-18(13-23(20)31-3)24(28)27-26-14-17-6-10-21(22(12-17)30-2)32-15-16-4-8-19(25)9-5-16/h4-14H,15H2,1-3H3,(H,27,28)/b26-14+. The van der Waals surface area contributed by atoms with Gasteiger partial charge in [0.05, 0.1) is 27.5 Å². The summed E-state index contributed by atoms with van der Waals surface area (Å²) in [4.78, 5) is 12.3. The number of hydrogen-bond donors (Lipinski definition) is 1. The fourth-order valence-electron chi connectivity index (χ4n) is 2.83. The Kier molecular flexibility index (Phi) is 7.64. The van der Waals surface area contributed by atoms with Gasteiger partial charge in [0.15, 0.2) is 23.0 Å². The van der Waals surface area contributed by atoms with Crippen LogP contribution in [0.3, 0.4) is 0 Å². The molecule has 0 fully saturated rings. The summed E-state index contributed by atoms with van der Waals surface area (Å²) in [6.45, 7) is 0.269. The lowest BCUT2D eigenvalue weighted by molar-refractivity contribution is 0.0954. The minimum atomic E-state index is -0.395. The first-order chi connectivity index (χ1) is 15.5. The third-order valence-corrected chi connectivity index (χ3v) is 4.52. The SMILES string of the molecule is COc1ccc(C(=O)N/N=C/c2ccc(OCc3ccc(F)cc3)c(OC)c2)cc1OC. The first-order valence-corrected chi connectivity index (χ1v) is 9.64. The Balaban J connectivity index is 1.63. The number of ether oxygens (including phenoxy) is 4. The summed E-state index contributed by atoms with van der Waals surface area (Å²) in [6.07, 6.45) is 1.49. The van der Waals surface area contributed by atoms with Crippen molar-refractivity contribution in [2.75, 3.05) is 21.3 Å². The van der Waals surface area contributed by atoms with Gasteiger partial charge in [-0.05, 0) is 59.7 Å². The average molecular weight is 438 g/mol. The Morgan fingerprint density at radius 3 is 2.22 bits per heavy atom. The summed E-state index contributed by atoms with van der Waals surface area (Å²) in [5.74, 6) is 1.32. The monoisotopic (exact) mass is 438 g/mol. The van der Waals surface area contributed by atoms with Crippen LogP contribution in [0.4, 0.5) is 4.39 Å². The van der Waals surface area contributed by atoms with Crippen molar-refractivity contribution in [1.29, 1.82) is 0 Å².